The van der Waals surface area contributed by atoms with Crippen LogP contribution in [0.3, 0.4) is 0 Å². The lowest BCUT2D eigenvalue weighted by atomic mass is 9.98. The molecule has 5 atom stereocenters. The molecule has 200 valence electrons. The Kier molecular flexibility index (Phi) is 11.0. The summed E-state index contributed by atoms with van der Waals surface area (Å²) in [5, 5.41) is 0.693. The van der Waals surface area contributed by atoms with Crippen molar-refractivity contribution in [1.29, 1.82) is 0 Å². The second kappa shape index (κ2) is 14.4. The van der Waals surface area contributed by atoms with Gasteiger partial charge in [0.05, 0.1) is 12.1 Å². The maximum atomic E-state index is 11.2. The Morgan fingerprint density at radius 1 is 0.865 bits per heavy atom. The molecule has 1 aliphatic rings. The van der Waals surface area contributed by atoms with E-state index in [1.54, 1.807) is 12.3 Å². The van der Waals surface area contributed by atoms with Crippen LogP contribution in [-0.2, 0) is 42.9 Å². The molecule has 1 aromatic carbocycles. The summed E-state index contributed by atoms with van der Waals surface area (Å²) in [6, 6.07) is 7.34. The van der Waals surface area contributed by atoms with Crippen LogP contribution in [0.15, 0.2) is 30.5 Å². The first-order chi connectivity index (χ1) is 18.0. The highest BCUT2D eigenvalue weighted by molar-refractivity contribution is 5.88. The minimum atomic E-state index is -1.15. The highest BCUT2D eigenvalue weighted by Crippen LogP contribution is 2.34. The smallest absolute Gasteiger partial charge is 0.198 e. The van der Waals surface area contributed by atoms with Gasteiger partial charge in [-0.2, -0.15) is 0 Å². The van der Waals surface area contributed by atoms with Gasteiger partial charge >= 0.3 is 0 Å². The Morgan fingerprint density at radius 3 is 2.22 bits per heavy atom. The Morgan fingerprint density at radius 2 is 1.54 bits per heavy atom. The second-order valence-electron chi connectivity index (χ2n) is 8.16. The first-order valence-corrected chi connectivity index (χ1v) is 11.6. The highest BCUT2D eigenvalue weighted by atomic mass is 16.7. The molecule has 0 spiro atoms. The van der Waals surface area contributed by atoms with Crippen molar-refractivity contribution in [3.63, 3.8) is 0 Å². The van der Waals surface area contributed by atoms with Crippen molar-refractivity contribution < 1.29 is 47.6 Å². The quantitative estimate of drug-likeness (QED) is 0.224. The number of nitrogens with zero attached hydrogens (tertiary/aromatic N) is 2. The van der Waals surface area contributed by atoms with Crippen LogP contribution in [0, 0.1) is 0 Å². The number of carbonyl (C=O) groups excluding carboxylic acids is 4. The molecule has 37 heavy (non-hydrogen) atoms. The first kappa shape index (κ1) is 28.3. The van der Waals surface area contributed by atoms with Gasteiger partial charge in [0.2, 0.25) is 0 Å². The standard InChI is InChI=1S/C25H30N2O10/c1-27(2)17-3-4-19-18(15-17)20(5-6-26-19)36-24-23(34-13-9-30)22(33-12-8-29)21(16-32-11-7-28)37-25(24)35-14-10-31/h3-10,15,21-25H,11-14,16H2,1-2H3/t21?,22-,23?,24-,25+/m1/s1. The topological polar surface area (TPSA) is 140 Å². The number of rotatable bonds is 16. The lowest BCUT2D eigenvalue weighted by Gasteiger charge is -2.45. The van der Waals surface area contributed by atoms with Gasteiger partial charge in [0, 0.05) is 31.4 Å². The molecule has 0 aliphatic carbocycles. The van der Waals surface area contributed by atoms with Crippen LogP contribution in [-0.4, -0.2) is 108 Å². The van der Waals surface area contributed by atoms with Gasteiger partial charge < -0.3 is 52.5 Å². The zero-order chi connectivity index (χ0) is 26.6. The molecular formula is C25H30N2O10. The summed E-state index contributed by atoms with van der Waals surface area (Å²) >= 11 is 0. The monoisotopic (exact) mass is 518 g/mol. The molecule has 2 aromatic rings. The van der Waals surface area contributed by atoms with Gasteiger partial charge in [-0.3, -0.25) is 4.98 Å². The summed E-state index contributed by atoms with van der Waals surface area (Å²) in [7, 11) is 3.81. The number of hydrogen-bond acceptors (Lipinski definition) is 12. The molecule has 2 heterocycles. The van der Waals surface area contributed by atoms with Crippen LogP contribution in [0.2, 0.25) is 0 Å². The summed E-state index contributed by atoms with van der Waals surface area (Å²) in [5.41, 5.74) is 1.58. The lowest BCUT2D eigenvalue weighted by Crippen LogP contribution is -2.63. The second-order valence-corrected chi connectivity index (χ2v) is 8.16. The fraction of sp³-hybridized carbons (Fsp3) is 0.480. The van der Waals surface area contributed by atoms with Crippen LogP contribution in [0.1, 0.15) is 0 Å². The third-order valence-electron chi connectivity index (χ3n) is 5.57. The van der Waals surface area contributed by atoms with Crippen LogP contribution >= 0.6 is 0 Å². The average molecular weight is 519 g/mol. The molecule has 12 nitrogen and oxygen atoms in total. The van der Waals surface area contributed by atoms with Gasteiger partial charge in [-0.25, -0.2) is 0 Å². The minimum absolute atomic E-state index is 0.110. The Bertz CT molecular complexity index is 1050. The molecule has 1 saturated heterocycles. The van der Waals surface area contributed by atoms with Gasteiger partial charge in [0.15, 0.2) is 12.4 Å². The zero-order valence-corrected chi connectivity index (χ0v) is 20.6. The zero-order valence-electron chi connectivity index (χ0n) is 20.6. The van der Waals surface area contributed by atoms with Crippen LogP contribution in [0.4, 0.5) is 5.69 Å². The first-order valence-electron chi connectivity index (χ1n) is 11.6. The number of benzene rings is 1. The number of anilines is 1. The Balaban J connectivity index is 2.02. The van der Waals surface area contributed by atoms with Crippen molar-refractivity contribution in [2.75, 3.05) is 52.0 Å². The predicted octanol–water partition coefficient (Wildman–Crippen LogP) is 0.372. The fourth-order valence-electron chi connectivity index (χ4n) is 3.97. The van der Waals surface area contributed by atoms with E-state index in [1.807, 2.05) is 37.2 Å². The molecular weight excluding hydrogens is 488 g/mol. The molecule has 0 amide bonds. The van der Waals surface area contributed by atoms with E-state index in [4.69, 9.17) is 28.4 Å². The number of aldehydes is 4. The summed E-state index contributed by atoms with van der Waals surface area (Å²) < 4.78 is 34.9. The van der Waals surface area contributed by atoms with Gasteiger partial charge in [0.25, 0.3) is 0 Å². The van der Waals surface area contributed by atoms with Crippen molar-refractivity contribution in [3.05, 3.63) is 30.5 Å². The summed E-state index contributed by atoms with van der Waals surface area (Å²) in [4.78, 5) is 50.5. The van der Waals surface area contributed by atoms with E-state index in [9.17, 15) is 19.2 Å². The molecule has 1 aliphatic heterocycles. The summed E-state index contributed by atoms with van der Waals surface area (Å²) in [6.07, 6.45) is -1.15. The van der Waals surface area contributed by atoms with Crippen molar-refractivity contribution in [2.45, 2.75) is 30.7 Å². The third kappa shape index (κ3) is 7.37. The number of hydrogen-bond donors (Lipinski definition) is 0. The molecule has 0 radical (unpaired) electrons. The highest BCUT2D eigenvalue weighted by Gasteiger charge is 2.50. The number of fused-ring (bicyclic) bond motifs is 1. The number of carbonyl (C=O) groups is 4. The molecule has 0 N–H and O–H groups in total. The SMILES string of the molecule is CN(C)c1ccc2nccc(O[C@@H]3C(OCC=O)[C@H](OCC=O)C(COCC=O)O[C@@H]3OCC=O)c2c1. The lowest BCUT2D eigenvalue weighted by molar-refractivity contribution is -0.305. The average Bonchev–Trinajstić information content (AvgIpc) is 2.91. The van der Waals surface area contributed by atoms with Crippen LogP contribution < -0.4 is 9.64 Å². The molecule has 1 aromatic heterocycles. The largest absolute Gasteiger partial charge is 0.481 e. The van der Waals surface area contributed by atoms with Gasteiger partial charge in [-0.05, 0) is 24.3 Å². The predicted molar refractivity (Wildman–Crippen MR) is 130 cm³/mol. The van der Waals surface area contributed by atoms with Gasteiger partial charge in [0.1, 0.15) is 75.6 Å². The Labute approximate surface area is 213 Å². The molecule has 0 saturated carbocycles. The van der Waals surface area contributed by atoms with Crippen molar-refractivity contribution in [3.8, 4) is 5.75 Å². The van der Waals surface area contributed by atoms with E-state index in [-0.39, 0.29) is 33.0 Å². The summed E-state index contributed by atoms with van der Waals surface area (Å²) in [5.74, 6) is 0.423. The fourth-order valence-corrected chi connectivity index (χ4v) is 3.97. The maximum absolute atomic E-state index is 11.2. The minimum Gasteiger partial charge on any atom is -0.481 e. The number of ether oxygens (including phenoxy) is 6. The number of pyridine rings is 1. The normalized spacial score (nSPS) is 23.4. The van der Waals surface area contributed by atoms with E-state index in [1.165, 1.54) is 0 Å². The molecule has 2 unspecified atom stereocenters. The Hall–Kier alpha value is -3.29. The van der Waals surface area contributed by atoms with Gasteiger partial charge in [-0.15, -0.1) is 0 Å². The van der Waals surface area contributed by atoms with Crippen LogP contribution in [0.5, 0.6) is 5.75 Å². The molecule has 1 fully saturated rings. The van der Waals surface area contributed by atoms with E-state index in [0.29, 0.717) is 41.8 Å². The van der Waals surface area contributed by atoms with Crippen molar-refractivity contribution in [1.82, 2.24) is 4.98 Å². The molecule has 0 bridgehead atoms. The van der Waals surface area contributed by atoms with E-state index < -0.39 is 30.7 Å². The molecule has 12 heteroatoms. The third-order valence-corrected chi connectivity index (χ3v) is 5.57. The van der Waals surface area contributed by atoms with Crippen molar-refractivity contribution in [2.24, 2.45) is 0 Å². The van der Waals surface area contributed by atoms with E-state index in [2.05, 4.69) is 4.98 Å². The van der Waals surface area contributed by atoms with E-state index in [0.717, 1.165) is 5.69 Å². The maximum Gasteiger partial charge on any atom is 0.198 e. The molecule has 3 rings (SSSR count). The number of aromatic nitrogens is 1. The van der Waals surface area contributed by atoms with Gasteiger partial charge in [-0.1, -0.05) is 0 Å². The van der Waals surface area contributed by atoms with Crippen LogP contribution in [0.25, 0.3) is 10.9 Å². The van der Waals surface area contributed by atoms with E-state index >= 15 is 0 Å². The van der Waals surface area contributed by atoms with Crippen molar-refractivity contribution >= 4 is 41.7 Å². The summed E-state index contributed by atoms with van der Waals surface area (Å²) in [6.45, 7) is -1.22.